The van der Waals surface area contributed by atoms with Crippen LogP contribution in [-0.2, 0) is 25.5 Å². The summed E-state index contributed by atoms with van der Waals surface area (Å²) in [7, 11) is -1.32. The van der Waals surface area contributed by atoms with Gasteiger partial charge in [0.25, 0.3) is 0 Å². The Kier molecular flexibility index (Phi) is 12.6. The molecule has 38 heavy (non-hydrogen) atoms. The number of rotatable bonds is 14. The van der Waals surface area contributed by atoms with Crippen molar-refractivity contribution in [2.45, 2.75) is 97.5 Å². The van der Waals surface area contributed by atoms with Gasteiger partial charge in [0.15, 0.2) is 0 Å². The van der Waals surface area contributed by atoms with Crippen molar-refractivity contribution in [3.05, 3.63) is 59.1 Å². The first-order chi connectivity index (χ1) is 17.8. The van der Waals surface area contributed by atoms with Gasteiger partial charge in [0.1, 0.15) is 5.60 Å². The number of ether oxygens (including phenoxy) is 2. The van der Waals surface area contributed by atoms with Gasteiger partial charge in [-0.25, -0.2) is 0 Å². The minimum Gasteiger partial charge on any atom is -0.466 e. The van der Waals surface area contributed by atoms with Crippen molar-refractivity contribution in [3.63, 3.8) is 0 Å². The standard InChI is InChI=1S/C32H47ClO4Si/c1-8-9-10-27(31(35)37-32(2,3)4)23-28(30(34)36-21-22-38(5,6)7)16-13-24-11-14-25(15-12-24)26-17-19-29(33)20-18-26/h11-12,14-15,17-20,27-28H,8-10,13,16,21-23H2,1-7H3/t27-,28+/m0/s1. The molecular formula is C32H47ClO4Si. The monoisotopic (exact) mass is 558 g/mol. The molecule has 0 saturated carbocycles. The Labute approximate surface area is 236 Å². The van der Waals surface area contributed by atoms with Gasteiger partial charge < -0.3 is 9.47 Å². The maximum atomic E-state index is 13.3. The van der Waals surface area contributed by atoms with Crippen molar-refractivity contribution in [2.75, 3.05) is 6.61 Å². The van der Waals surface area contributed by atoms with Crippen molar-refractivity contribution in [2.24, 2.45) is 11.8 Å². The highest BCUT2D eigenvalue weighted by Gasteiger charge is 2.31. The fourth-order valence-corrected chi connectivity index (χ4v) is 5.11. The number of esters is 2. The maximum absolute atomic E-state index is 13.3. The van der Waals surface area contributed by atoms with Gasteiger partial charge in [-0.2, -0.15) is 0 Å². The van der Waals surface area contributed by atoms with Gasteiger partial charge in [-0.15, -0.1) is 0 Å². The smallest absolute Gasteiger partial charge is 0.309 e. The zero-order valence-corrected chi connectivity index (χ0v) is 26.2. The van der Waals surface area contributed by atoms with E-state index in [1.54, 1.807) is 0 Å². The van der Waals surface area contributed by atoms with E-state index in [-0.39, 0.29) is 23.8 Å². The molecule has 6 heteroatoms. The Bertz CT molecular complexity index is 1000. The predicted octanol–water partition coefficient (Wildman–Crippen LogP) is 8.98. The molecule has 0 aliphatic rings. The van der Waals surface area contributed by atoms with E-state index in [2.05, 4.69) is 50.8 Å². The molecule has 0 bridgehead atoms. The third-order valence-corrected chi connectivity index (χ3v) is 8.51. The van der Waals surface area contributed by atoms with Crippen LogP contribution < -0.4 is 0 Å². The molecule has 0 aliphatic heterocycles. The fourth-order valence-electron chi connectivity index (χ4n) is 4.27. The molecule has 0 aliphatic carbocycles. The predicted molar refractivity (Wildman–Crippen MR) is 161 cm³/mol. The quantitative estimate of drug-likeness (QED) is 0.171. The van der Waals surface area contributed by atoms with E-state index in [0.29, 0.717) is 19.4 Å². The molecule has 0 N–H and O–H groups in total. The lowest BCUT2D eigenvalue weighted by Gasteiger charge is -2.26. The summed E-state index contributed by atoms with van der Waals surface area (Å²) in [5.41, 5.74) is 2.84. The highest BCUT2D eigenvalue weighted by molar-refractivity contribution is 6.76. The van der Waals surface area contributed by atoms with Crippen LogP contribution in [0.5, 0.6) is 0 Å². The van der Waals surface area contributed by atoms with E-state index in [0.717, 1.165) is 53.4 Å². The van der Waals surface area contributed by atoms with Gasteiger partial charge in [-0.3, -0.25) is 9.59 Å². The summed E-state index contributed by atoms with van der Waals surface area (Å²) in [5.74, 6) is -1.05. The van der Waals surface area contributed by atoms with E-state index in [9.17, 15) is 9.59 Å². The molecule has 2 atom stereocenters. The average Bonchev–Trinajstić information content (AvgIpc) is 2.82. The summed E-state index contributed by atoms with van der Waals surface area (Å²) in [5, 5.41) is 0.719. The first kappa shape index (κ1) is 32.1. The molecule has 0 fully saturated rings. The van der Waals surface area contributed by atoms with E-state index < -0.39 is 13.7 Å². The Hall–Kier alpha value is -2.11. The molecule has 0 unspecified atom stereocenters. The number of hydrogen-bond acceptors (Lipinski definition) is 4. The molecule has 0 saturated heterocycles. The molecule has 0 amide bonds. The highest BCUT2D eigenvalue weighted by atomic mass is 35.5. The summed E-state index contributed by atoms with van der Waals surface area (Å²) in [6.45, 7) is 15.0. The average molecular weight is 559 g/mol. The fraction of sp³-hybridized carbons (Fsp3) is 0.562. The molecular weight excluding hydrogens is 512 g/mol. The van der Waals surface area contributed by atoms with Crippen LogP contribution in [0.15, 0.2) is 48.5 Å². The minimum absolute atomic E-state index is 0.189. The summed E-state index contributed by atoms with van der Waals surface area (Å²) >= 11 is 6.02. The maximum Gasteiger partial charge on any atom is 0.309 e. The van der Waals surface area contributed by atoms with Gasteiger partial charge in [0.2, 0.25) is 0 Å². The topological polar surface area (TPSA) is 52.6 Å². The van der Waals surface area contributed by atoms with Crippen molar-refractivity contribution >= 4 is 31.6 Å². The number of hydrogen-bond donors (Lipinski definition) is 0. The lowest BCUT2D eigenvalue weighted by Crippen LogP contribution is -2.32. The highest BCUT2D eigenvalue weighted by Crippen LogP contribution is 2.28. The second kappa shape index (κ2) is 14.9. The van der Waals surface area contributed by atoms with Crippen molar-refractivity contribution in [1.82, 2.24) is 0 Å². The Balaban J connectivity index is 2.15. The molecule has 210 valence electrons. The summed E-state index contributed by atoms with van der Waals surface area (Å²) in [6, 6.07) is 17.2. The Morgan fingerprint density at radius 1 is 0.868 bits per heavy atom. The van der Waals surface area contributed by atoms with E-state index >= 15 is 0 Å². The van der Waals surface area contributed by atoms with Crippen LogP contribution in [0, 0.1) is 11.8 Å². The number of carbonyl (C=O) groups excluding carboxylic acids is 2. The Morgan fingerprint density at radius 2 is 1.42 bits per heavy atom. The molecule has 0 radical (unpaired) electrons. The summed E-state index contributed by atoms with van der Waals surface area (Å²) in [6.07, 6.45) is 4.47. The van der Waals surface area contributed by atoms with Crippen LogP contribution in [0.1, 0.15) is 65.4 Å². The normalized spacial score (nSPS) is 13.6. The van der Waals surface area contributed by atoms with Gasteiger partial charge in [0, 0.05) is 13.1 Å². The minimum atomic E-state index is -1.32. The lowest BCUT2D eigenvalue weighted by atomic mass is 9.86. The number of unbranched alkanes of at least 4 members (excludes halogenated alkanes) is 1. The first-order valence-corrected chi connectivity index (χ1v) is 18.1. The van der Waals surface area contributed by atoms with Crippen LogP contribution in [0.3, 0.4) is 0 Å². The van der Waals surface area contributed by atoms with Crippen LogP contribution in [0.4, 0.5) is 0 Å². The second-order valence-electron chi connectivity index (χ2n) is 12.5. The van der Waals surface area contributed by atoms with E-state index in [4.69, 9.17) is 21.1 Å². The SMILES string of the molecule is CCCC[C@@H](C[C@@H](CCc1ccc(-c2ccc(Cl)cc2)cc1)C(=O)OCC[Si](C)(C)C)C(=O)OC(C)(C)C. The third kappa shape index (κ3) is 12.2. The van der Waals surface area contributed by atoms with E-state index in [1.807, 2.05) is 45.0 Å². The molecule has 0 spiro atoms. The van der Waals surface area contributed by atoms with Crippen LogP contribution in [0.25, 0.3) is 11.1 Å². The van der Waals surface area contributed by atoms with Crippen LogP contribution in [0.2, 0.25) is 30.7 Å². The van der Waals surface area contributed by atoms with Gasteiger partial charge >= 0.3 is 11.9 Å². The zero-order chi connectivity index (χ0) is 28.3. The van der Waals surface area contributed by atoms with Crippen LogP contribution in [-0.4, -0.2) is 32.2 Å². The van der Waals surface area contributed by atoms with E-state index in [1.165, 1.54) is 0 Å². The molecule has 0 aromatic heterocycles. The molecule has 4 nitrogen and oxygen atoms in total. The molecule has 0 heterocycles. The third-order valence-electron chi connectivity index (χ3n) is 6.56. The number of aryl methyl sites for hydroxylation is 1. The van der Waals surface area contributed by atoms with Crippen molar-refractivity contribution in [3.8, 4) is 11.1 Å². The second-order valence-corrected chi connectivity index (χ2v) is 18.6. The molecule has 2 aromatic rings. The molecule has 2 aromatic carbocycles. The summed E-state index contributed by atoms with van der Waals surface area (Å²) < 4.78 is 11.5. The number of halogens is 1. The van der Waals surface area contributed by atoms with Crippen molar-refractivity contribution < 1.29 is 19.1 Å². The van der Waals surface area contributed by atoms with Gasteiger partial charge in [-0.1, -0.05) is 87.4 Å². The van der Waals surface area contributed by atoms with Gasteiger partial charge in [0.05, 0.1) is 18.4 Å². The Morgan fingerprint density at radius 3 is 1.95 bits per heavy atom. The lowest BCUT2D eigenvalue weighted by molar-refractivity contribution is -0.162. The zero-order valence-electron chi connectivity index (χ0n) is 24.4. The number of carbonyl (C=O) groups is 2. The van der Waals surface area contributed by atoms with Gasteiger partial charge in [-0.05, 0) is 81.3 Å². The van der Waals surface area contributed by atoms with Crippen molar-refractivity contribution in [1.29, 1.82) is 0 Å². The van der Waals surface area contributed by atoms with Crippen LogP contribution >= 0.6 is 11.6 Å². The first-order valence-electron chi connectivity index (χ1n) is 14.0. The summed E-state index contributed by atoms with van der Waals surface area (Å²) in [4.78, 5) is 26.3. The largest absolute Gasteiger partial charge is 0.466 e. The number of benzene rings is 2. The molecule has 2 rings (SSSR count).